The van der Waals surface area contributed by atoms with E-state index in [2.05, 4.69) is 5.32 Å². The highest BCUT2D eigenvalue weighted by Gasteiger charge is 2.37. The highest BCUT2D eigenvalue weighted by Crippen LogP contribution is 2.36. The molecular weight excluding hydrogens is 390 g/mol. The van der Waals surface area contributed by atoms with Gasteiger partial charge in [0.2, 0.25) is 5.91 Å². The van der Waals surface area contributed by atoms with Gasteiger partial charge in [0.05, 0.1) is 0 Å². The molecule has 1 saturated heterocycles. The molecule has 2 atom stereocenters. The second-order valence-corrected chi connectivity index (χ2v) is 9.29. The molecule has 1 aromatic heterocycles. The number of anilines is 1. The van der Waals surface area contributed by atoms with Crippen LogP contribution in [0.3, 0.4) is 0 Å². The van der Waals surface area contributed by atoms with Crippen molar-refractivity contribution in [2.24, 2.45) is 11.8 Å². The predicted molar refractivity (Wildman–Crippen MR) is 119 cm³/mol. The van der Waals surface area contributed by atoms with Crippen LogP contribution in [-0.2, 0) is 11.3 Å². The SMILES string of the molecule is O=C(Nc1ccc2n(c1=O)C[C@H]1C[C@@H]2CN(C(=O)c2ccccc2)C1)C1CCCCC1. The van der Waals surface area contributed by atoms with Gasteiger partial charge >= 0.3 is 0 Å². The van der Waals surface area contributed by atoms with Crippen molar-refractivity contribution in [1.29, 1.82) is 0 Å². The Hall–Kier alpha value is -2.89. The summed E-state index contributed by atoms with van der Waals surface area (Å²) in [4.78, 5) is 40.7. The summed E-state index contributed by atoms with van der Waals surface area (Å²) >= 11 is 0. The monoisotopic (exact) mass is 419 g/mol. The van der Waals surface area contributed by atoms with Gasteiger partial charge in [-0.1, -0.05) is 37.5 Å². The van der Waals surface area contributed by atoms with Crippen molar-refractivity contribution in [3.63, 3.8) is 0 Å². The van der Waals surface area contributed by atoms with Gasteiger partial charge in [0, 0.05) is 42.7 Å². The zero-order chi connectivity index (χ0) is 21.4. The maximum atomic E-state index is 13.2. The normalized spacial score (nSPS) is 23.2. The van der Waals surface area contributed by atoms with Crippen molar-refractivity contribution in [2.75, 3.05) is 18.4 Å². The van der Waals surface area contributed by atoms with Crippen LogP contribution in [0.4, 0.5) is 5.69 Å². The molecule has 162 valence electrons. The minimum absolute atomic E-state index is 0.0196. The van der Waals surface area contributed by atoms with Crippen LogP contribution in [0, 0.1) is 11.8 Å². The number of benzene rings is 1. The Morgan fingerprint density at radius 1 is 0.903 bits per heavy atom. The van der Waals surface area contributed by atoms with Crippen LogP contribution in [0.5, 0.6) is 0 Å². The van der Waals surface area contributed by atoms with Gasteiger partial charge < -0.3 is 14.8 Å². The molecule has 6 nitrogen and oxygen atoms in total. The van der Waals surface area contributed by atoms with Crippen molar-refractivity contribution >= 4 is 17.5 Å². The lowest BCUT2D eigenvalue weighted by molar-refractivity contribution is -0.120. The van der Waals surface area contributed by atoms with Crippen molar-refractivity contribution in [3.05, 3.63) is 64.1 Å². The molecular formula is C25H29N3O3. The van der Waals surface area contributed by atoms with Crippen LogP contribution in [0.15, 0.2) is 47.3 Å². The van der Waals surface area contributed by atoms with Crippen LogP contribution in [0.1, 0.15) is 60.5 Å². The standard InChI is InChI=1S/C25H29N3O3/c29-23(18-7-3-1-4-8-18)26-21-11-12-22-20-13-17(15-28(22)25(21)31)14-27(16-20)24(30)19-9-5-2-6-10-19/h2,5-6,9-12,17-18,20H,1,3-4,7-8,13-16H2,(H,26,29)/t17-,20+/m0/s1. The summed E-state index contributed by atoms with van der Waals surface area (Å²) < 4.78 is 1.83. The highest BCUT2D eigenvalue weighted by atomic mass is 16.2. The molecule has 0 radical (unpaired) electrons. The van der Waals surface area contributed by atoms with E-state index in [1.165, 1.54) is 6.42 Å². The molecule has 1 aromatic carbocycles. The fourth-order valence-corrected chi connectivity index (χ4v) is 5.57. The number of likely N-dealkylation sites (tertiary alicyclic amines) is 1. The number of nitrogens with zero attached hydrogens (tertiary/aromatic N) is 2. The summed E-state index contributed by atoms with van der Waals surface area (Å²) in [6.07, 6.45) is 6.18. The number of hydrogen-bond acceptors (Lipinski definition) is 3. The molecule has 3 aliphatic rings. The Labute approximate surface area is 182 Å². The van der Waals surface area contributed by atoms with Crippen LogP contribution >= 0.6 is 0 Å². The number of carbonyl (C=O) groups is 2. The van der Waals surface area contributed by atoms with E-state index in [4.69, 9.17) is 0 Å². The lowest BCUT2D eigenvalue weighted by Gasteiger charge is -2.43. The molecule has 2 aliphatic heterocycles. The summed E-state index contributed by atoms with van der Waals surface area (Å²) in [5.74, 6) is 0.457. The zero-order valence-corrected chi connectivity index (χ0v) is 17.8. The van der Waals surface area contributed by atoms with Gasteiger partial charge in [-0.2, -0.15) is 0 Å². The molecule has 2 amide bonds. The van der Waals surface area contributed by atoms with Gasteiger partial charge in [0.1, 0.15) is 5.69 Å². The summed E-state index contributed by atoms with van der Waals surface area (Å²) in [5, 5.41) is 2.91. The van der Waals surface area contributed by atoms with Crippen LogP contribution in [0.25, 0.3) is 0 Å². The lowest BCUT2D eigenvalue weighted by atomic mass is 9.83. The van der Waals surface area contributed by atoms with E-state index in [1.807, 2.05) is 45.9 Å². The first kappa shape index (κ1) is 20.0. The van der Waals surface area contributed by atoms with Crippen molar-refractivity contribution in [3.8, 4) is 0 Å². The zero-order valence-electron chi connectivity index (χ0n) is 17.8. The number of amides is 2. The fraction of sp³-hybridized carbons (Fsp3) is 0.480. The average molecular weight is 420 g/mol. The third-order valence-corrected chi connectivity index (χ3v) is 7.15. The quantitative estimate of drug-likeness (QED) is 0.826. The molecule has 1 N–H and O–H groups in total. The second-order valence-electron chi connectivity index (χ2n) is 9.29. The van der Waals surface area contributed by atoms with E-state index < -0.39 is 0 Å². The molecule has 5 rings (SSSR count). The van der Waals surface area contributed by atoms with Gasteiger partial charge in [-0.15, -0.1) is 0 Å². The Morgan fingerprint density at radius 2 is 1.68 bits per heavy atom. The topological polar surface area (TPSA) is 71.4 Å². The molecule has 0 spiro atoms. The summed E-state index contributed by atoms with van der Waals surface area (Å²) in [7, 11) is 0. The van der Waals surface area contributed by atoms with Crippen LogP contribution < -0.4 is 10.9 Å². The number of nitrogens with one attached hydrogen (secondary N) is 1. The first-order chi connectivity index (χ1) is 15.1. The number of rotatable bonds is 3. The molecule has 1 aliphatic carbocycles. The Bertz CT molecular complexity index is 1040. The maximum Gasteiger partial charge on any atom is 0.274 e. The number of carbonyl (C=O) groups excluding carboxylic acids is 2. The van der Waals surface area contributed by atoms with Gasteiger partial charge in [-0.3, -0.25) is 14.4 Å². The summed E-state index contributed by atoms with van der Waals surface area (Å²) in [6, 6.07) is 13.1. The number of pyridine rings is 1. The summed E-state index contributed by atoms with van der Waals surface area (Å²) in [5.41, 5.74) is 1.96. The lowest BCUT2D eigenvalue weighted by Crippen LogP contribution is -2.49. The third-order valence-electron chi connectivity index (χ3n) is 7.15. The van der Waals surface area contributed by atoms with E-state index in [9.17, 15) is 14.4 Å². The Morgan fingerprint density at radius 3 is 2.45 bits per heavy atom. The second kappa shape index (κ2) is 8.33. The van der Waals surface area contributed by atoms with Gasteiger partial charge in [-0.25, -0.2) is 0 Å². The number of piperidine rings is 1. The minimum atomic E-state index is -0.112. The van der Waals surface area contributed by atoms with Gasteiger partial charge in [-0.05, 0) is 49.4 Å². The molecule has 2 bridgehead atoms. The van der Waals surface area contributed by atoms with E-state index in [0.717, 1.165) is 37.8 Å². The molecule has 31 heavy (non-hydrogen) atoms. The minimum Gasteiger partial charge on any atom is -0.338 e. The molecule has 2 aromatic rings. The largest absolute Gasteiger partial charge is 0.338 e. The maximum absolute atomic E-state index is 13.2. The van der Waals surface area contributed by atoms with Crippen molar-refractivity contribution in [2.45, 2.75) is 51.0 Å². The third kappa shape index (κ3) is 3.91. The average Bonchev–Trinajstić information content (AvgIpc) is 2.81. The summed E-state index contributed by atoms with van der Waals surface area (Å²) in [6.45, 7) is 1.88. The van der Waals surface area contributed by atoms with Crippen molar-refractivity contribution in [1.82, 2.24) is 9.47 Å². The number of fused-ring (bicyclic) bond motifs is 4. The number of aromatic nitrogens is 1. The fourth-order valence-electron chi connectivity index (χ4n) is 5.57. The Balaban J connectivity index is 1.35. The van der Waals surface area contributed by atoms with E-state index in [-0.39, 0.29) is 35.1 Å². The van der Waals surface area contributed by atoms with E-state index in [1.54, 1.807) is 6.07 Å². The molecule has 6 heteroatoms. The molecule has 1 saturated carbocycles. The smallest absolute Gasteiger partial charge is 0.274 e. The van der Waals surface area contributed by atoms with E-state index >= 15 is 0 Å². The van der Waals surface area contributed by atoms with Crippen molar-refractivity contribution < 1.29 is 9.59 Å². The predicted octanol–water partition coefficient (Wildman–Crippen LogP) is 3.63. The molecule has 3 heterocycles. The Kier molecular flexibility index (Phi) is 5.38. The first-order valence-corrected chi connectivity index (χ1v) is 11.5. The van der Waals surface area contributed by atoms with Gasteiger partial charge in [0.25, 0.3) is 11.5 Å². The highest BCUT2D eigenvalue weighted by molar-refractivity contribution is 5.94. The molecule has 2 fully saturated rings. The van der Waals surface area contributed by atoms with Gasteiger partial charge in [0.15, 0.2) is 0 Å². The van der Waals surface area contributed by atoms with E-state index in [0.29, 0.717) is 30.9 Å². The molecule has 0 unspecified atom stereocenters. The number of hydrogen-bond donors (Lipinski definition) is 1. The van der Waals surface area contributed by atoms with Crippen LogP contribution in [0.2, 0.25) is 0 Å². The first-order valence-electron chi connectivity index (χ1n) is 11.5. The van der Waals surface area contributed by atoms with Crippen LogP contribution in [-0.4, -0.2) is 34.4 Å².